The van der Waals surface area contributed by atoms with Gasteiger partial charge in [0.1, 0.15) is 16.9 Å². The van der Waals surface area contributed by atoms with Gasteiger partial charge in [-0.1, -0.05) is 18.2 Å². The zero-order valence-corrected chi connectivity index (χ0v) is 10.9. The van der Waals surface area contributed by atoms with E-state index in [4.69, 9.17) is 5.73 Å². The maximum Gasteiger partial charge on any atom is 0.261 e. The Morgan fingerprint density at radius 2 is 1.90 bits per heavy atom. The fraction of sp³-hybridized carbons (Fsp3) is 0. The fourth-order valence-electron chi connectivity index (χ4n) is 2.47. The van der Waals surface area contributed by atoms with Crippen LogP contribution in [0.25, 0.3) is 33.5 Å². The Labute approximate surface area is 118 Å². The number of imidazole rings is 1. The summed E-state index contributed by atoms with van der Waals surface area (Å²) in [5.41, 5.74) is 8.68. The van der Waals surface area contributed by atoms with E-state index in [1.54, 1.807) is 12.3 Å². The van der Waals surface area contributed by atoms with Crippen LogP contribution in [0.15, 0.2) is 47.4 Å². The summed E-state index contributed by atoms with van der Waals surface area (Å²) in [5.74, 6) is 0.424. The minimum atomic E-state index is -0.273. The topological polar surface area (TPSA) is 100 Å². The Balaban J connectivity index is 2.08. The summed E-state index contributed by atoms with van der Waals surface area (Å²) in [7, 11) is 0. The number of hydrogen-bond acceptors (Lipinski definition) is 4. The first-order valence-electron chi connectivity index (χ1n) is 6.45. The van der Waals surface area contributed by atoms with Gasteiger partial charge in [0, 0.05) is 11.6 Å². The number of fused-ring (bicyclic) bond motifs is 2. The lowest BCUT2D eigenvalue weighted by Crippen LogP contribution is -2.13. The van der Waals surface area contributed by atoms with Gasteiger partial charge in [-0.15, -0.1) is 0 Å². The smallest absolute Gasteiger partial charge is 0.261 e. The second kappa shape index (κ2) is 4.17. The second-order valence-corrected chi connectivity index (χ2v) is 4.74. The largest absolute Gasteiger partial charge is 0.397 e. The molecule has 0 aliphatic carbocycles. The second-order valence-electron chi connectivity index (χ2n) is 4.74. The van der Waals surface area contributed by atoms with Crippen LogP contribution >= 0.6 is 0 Å². The first-order valence-corrected chi connectivity index (χ1v) is 6.45. The summed E-state index contributed by atoms with van der Waals surface area (Å²) < 4.78 is 0. The average molecular weight is 277 g/mol. The molecule has 0 radical (unpaired) electrons. The van der Waals surface area contributed by atoms with Crippen molar-refractivity contribution in [3.05, 3.63) is 52.9 Å². The van der Waals surface area contributed by atoms with Crippen molar-refractivity contribution in [1.82, 2.24) is 19.9 Å². The molecule has 0 amide bonds. The van der Waals surface area contributed by atoms with Gasteiger partial charge < -0.3 is 15.7 Å². The van der Waals surface area contributed by atoms with Gasteiger partial charge in [-0.3, -0.25) is 4.79 Å². The molecule has 4 rings (SSSR count). The summed E-state index contributed by atoms with van der Waals surface area (Å²) in [5, 5.41) is 0.792. The number of nitrogens with one attached hydrogen (secondary N) is 2. The van der Waals surface area contributed by atoms with Crippen molar-refractivity contribution >= 4 is 27.8 Å². The molecule has 1 aromatic carbocycles. The molecule has 0 fully saturated rings. The molecule has 0 atom stereocenters. The minimum absolute atomic E-state index is 0.273. The molecule has 0 aliphatic heterocycles. The maximum absolute atomic E-state index is 12.3. The highest BCUT2D eigenvalue weighted by atomic mass is 16.1. The predicted molar refractivity (Wildman–Crippen MR) is 81.9 cm³/mol. The molecule has 0 saturated heterocycles. The Morgan fingerprint density at radius 3 is 2.76 bits per heavy atom. The molecule has 0 aliphatic rings. The van der Waals surface area contributed by atoms with Crippen LogP contribution in [-0.4, -0.2) is 19.9 Å². The van der Waals surface area contributed by atoms with Crippen LogP contribution in [0.4, 0.5) is 5.69 Å². The lowest BCUT2D eigenvalue weighted by atomic mass is 10.1. The molecule has 21 heavy (non-hydrogen) atoms. The summed E-state index contributed by atoms with van der Waals surface area (Å²) in [6.45, 7) is 0. The van der Waals surface area contributed by atoms with E-state index in [1.807, 2.05) is 30.3 Å². The van der Waals surface area contributed by atoms with Crippen LogP contribution in [0.2, 0.25) is 0 Å². The molecule has 3 aromatic heterocycles. The summed E-state index contributed by atoms with van der Waals surface area (Å²) in [6, 6.07) is 11.0. The molecule has 102 valence electrons. The molecule has 0 saturated carbocycles. The van der Waals surface area contributed by atoms with Crippen LogP contribution in [0.3, 0.4) is 0 Å². The third-order valence-corrected chi connectivity index (χ3v) is 3.45. The number of anilines is 1. The van der Waals surface area contributed by atoms with E-state index in [0.717, 1.165) is 5.39 Å². The van der Waals surface area contributed by atoms with Gasteiger partial charge in [0.05, 0.1) is 11.2 Å². The molecule has 0 spiro atoms. The standard InChI is InChI=1S/C15H11N5O/c16-12-8-4-1-2-5-9(8)19-15(21)11(12)14-18-10-6-3-7-17-13(10)20-14/h1-7H,(H3,16,19,21)(H,17,18,20). The highest BCUT2D eigenvalue weighted by molar-refractivity contribution is 5.97. The molecule has 4 aromatic rings. The van der Waals surface area contributed by atoms with Crippen molar-refractivity contribution in [2.45, 2.75) is 0 Å². The number of benzene rings is 1. The number of nitrogens with two attached hydrogens (primary N) is 1. The summed E-state index contributed by atoms with van der Waals surface area (Å²) in [6.07, 6.45) is 1.66. The number of nitrogen functional groups attached to an aromatic ring is 1. The zero-order valence-electron chi connectivity index (χ0n) is 10.9. The minimum Gasteiger partial charge on any atom is -0.397 e. The third kappa shape index (κ3) is 1.69. The highest BCUT2D eigenvalue weighted by Gasteiger charge is 2.15. The fourth-order valence-corrected chi connectivity index (χ4v) is 2.47. The molecule has 4 N–H and O–H groups in total. The van der Waals surface area contributed by atoms with Gasteiger partial charge in [-0.2, -0.15) is 0 Å². The Morgan fingerprint density at radius 1 is 1.05 bits per heavy atom. The van der Waals surface area contributed by atoms with Crippen molar-refractivity contribution in [2.75, 3.05) is 5.73 Å². The molecule has 0 bridgehead atoms. The van der Waals surface area contributed by atoms with Crippen molar-refractivity contribution in [2.24, 2.45) is 0 Å². The van der Waals surface area contributed by atoms with Crippen molar-refractivity contribution < 1.29 is 0 Å². The van der Waals surface area contributed by atoms with Crippen molar-refractivity contribution in [3.8, 4) is 11.4 Å². The van der Waals surface area contributed by atoms with Gasteiger partial charge in [-0.05, 0) is 18.2 Å². The van der Waals surface area contributed by atoms with Gasteiger partial charge >= 0.3 is 0 Å². The Hall–Kier alpha value is -3.15. The monoisotopic (exact) mass is 277 g/mol. The number of rotatable bonds is 1. The van der Waals surface area contributed by atoms with E-state index >= 15 is 0 Å². The number of aromatic amines is 2. The van der Waals surface area contributed by atoms with E-state index < -0.39 is 0 Å². The van der Waals surface area contributed by atoms with Crippen LogP contribution in [0, 0.1) is 0 Å². The first-order chi connectivity index (χ1) is 10.2. The van der Waals surface area contributed by atoms with Gasteiger partial charge in [0.15, 0.2) is 5.65 Å². The quantitative estimate of drug-likeness (QED) is 0.495. The van der Waals surface area contributed by atoms with E-state index in [1.165, 1.54) is 0 Å². The average Bonchev–Trinajstić information content (AvgIpc) is 2.90. The van der Waals surface area contributed by atoms with Crippen LogP contribution in [0.1, 0.15) is 0 Å². The maximum atomic E-state index is 12.3. The third-order valence-electron chi connectivity index (χ3n) is 3.45. The molecule has 6 nitrogen and oxygen atoms in total. The molecule has 0 unspecified atom stereocenters. The molecule has 6 heteroatoms. The van der Waals surface area contributed by atoms with Crippen molar-refractivity contribution in [1.29, 1.82) is 0 Å². The van der Waals surface area contributed by atoms with Crippen molar-refractivity contribution in [3.63, 3.8) is 0 Å². The number of para-hydroxylation sites is 1. The van der Waals surface area contributed by atoms with E-state index in [2.05, 4.69) is 19.9 Å². The zero-order chi connectivity index (χ0) is 14.4. The Kier molecular flexibility index (Phi) is 2.32. The summed E-state index contributed by atoms with van der Waals surface area (Å²) >= 11 is 0. The van der Waals surface area contributed by atoms with Gasteiger partial charge in [-0.25, -0.2) is 9.97 Å². The van der Waals surface area contributed by atoms with E-state index in [9.17, 15) is 4.79 Å². The van der Waals surface area contributed by atoms with Gasteiger partial charge in [0.25, 0.3) is 5.56 Å². The number of H-pyrrole nitrogens is 2. The summed E-state index contributed by atoms with van der Waals surface area (Å²) in [4.78, 5) is 26.7. The van der Waals surface area contributed by atoms with Crippen LogP contribution in [0.5, 0.6) is 0 Å². The lowest BCUT2D eigenvalue weighted by molar-refractivity contribution is 1.25. The van der Waals surface area contributed by atoms with E-state index in [-0.39, 0.29) is 5.56 Å². The SMILES string of the molecule is Nc1c(-c2nc3cccnc3[nH]2)c(=O)[nH]c2ccccc12. The van der Waals surface area contributed by atoms with Crippen LogP contribution in [-0.2, 0) is 0 Å². The first kappa shape index (κ1) is 11.7. The lowest BCUT2D eigenvalue weighted by Gasteiger charge is -2.06. The predicted octanol–water partition coefficient (Wildman–Crippen LogP) is 2.05. The molecular weight excluding hydrogens is 266 g/mol. The number of nitrogens with zero attached hydrogens (tertiary/aromatic N) is 2. The number of pyridine rings is 2. The Bertz CT molecular complexity index is 998. The number of aromatic nitrogens is 4. The highest BCUT2D eigenvalue weighted by Crippen LogP contribution is 2.27. The van der Waals surface area contributed by atoms with Gasteiger partial charge in [0.2, 0.25) is 0 Å². The van der Waals surface area contributed by atoms with Crippen LogP contribution < -0.4 is 11.3 Å². The molecular formula is C15H11N5O. The normalized spacial score (nSPS) is 11.2. The molecule has 3 heterocycles. The number of hydrogen-bond donors (Lipinski definition) is 3. The van der Waals surface area contributed by atoms with E-state index in [0.29, 0.717) is 33.8 Å².